The third-order valence-electron chi connectivity index (χ3n) is 4.37. The first-order valence-electron chi connectivity index (χ1n) is 9.54. The van der Waals surface area contributed by atoms with Gasteiger partial charge in [-0.3, -0.25) is 4.48 Å². The van der Waals surface area contributed by atoms with E-state index in [9.17, 15) is 10.2 Å². The van der Waals surface area contributed by atoms with E-state index in [0.29, 0.717) is 6.61 Å². The fourth-order valence-corrected chi connectivity index (χ4v) is 2.74. The maximum Gasteiger partial charge on any atom is 0.382 e. The number of aliphatic hydroxyl groups excluding tert-OH is 2. The van der Waals surface area contributed by atoms with Gasteiger partial charge in [-0.05, 0) is 19.8 Å². The van der Waals surface area contributed by atoms with Gasteiger partial charge in [0.15, 0.2) is 0 Å². The van der Waals surface area contributed by atoms with E-state index in [1.807, 2.05) is 14.1 Å². The van der Waals surface area contributed by atoms with Crippen molar-refractivity contribution in [1.29, 1.82) is 0 Å². The summed E-state index contributed by atoms with van der Waals surface area (Å²) in [4.78, 5) is 0. The first kappa shape index (κ1) is 25.3. The molecule has 0 spiro atoms. The van der Waals surface area contributed by atoms with Crippen LogP contribution in [0.3, 0.4) is 0 Å². The summed E-state index contributed by atoms with van der Waals surface area (Å²) in [6.07, 6.45) is 14.4. The molecule has 3 N–H and O–H groups in total. The van der Waals surface area contributed by atoms with E-state index < -0.39 is 0 Å². The van der Waals surface area contributed by atoms with Gasteiger partial charge in [0.05, 0.1) is 27.2 Å². The molecule has 0 saturated carbocycles. The van der Waals surface area contributed by atoms with Crippen LogP contribution in [0.25, 0.3) is 0 Å². The van der Waals surface area contributed by atoms with Gasteiger partial charge >= 0.3 is 11.8 Å². The SMILES string of the molecule is CCCCCCCCCCCCC[N+](C)(C)C(O)=C(O)OCC.[OH-]. The lowest BCUT2D eigenvalue weighted by Gasteiger charge is -2.27. The number of quaternary nitrogens is 1. The smallest absolute Gasteiger partial charge is 0.382 e. The van der Waals surface area contributed by atoms with Crippen LogP contribution in [-0.4, -0.2) is 47.4 Å². The van der Waals surface area contributed by atoms with Gasteiger partial charge in [-0.2, -0.15) is 0 Å². The van der Waals surface area contributed by atoms with E-state index in [-0.39, 0.29) is 21.8 Å². The number of aliphatic hydroxyl groups is 2. The van der Waals surface area contributed by atoms with Crippen LogP contribution < -0.4 is 0 Å². The van der Waals surface area contributed by atoms with Gasteiger partial charge in [0.1, 0.15) is 0 Å². The number of ether oxygens (including phenoxy) is 1. The van der Waals surface area contributed by atoms with Crippen LogP contribution in [0, 0.1) is 0 Å². The van der Waals surface area contributed by atoms with Crippen molar-refractivity contribution < 1.29 is 24.9 Å². The molecule has 0 aliphatic heterocycles. The third-order valence-corrected chi connectivity index (χ3v) is 4.37. The molecule has 24 heavy (non-hydrogen) atoms. The van der Waals surface area contributed by atoms with Crippen molar-refractivity contribution >= 4 is 0 Å². The molecule has 0 aliphatic carbocycles. The van der Waals surface area contributed by atoms with E-state index in [2.05, 4.69) is 6.92 Å². The molecule has 0 amide bonds. The molecule has 0 bridgehead atoms. The number of unbranched alkanes of at least 4 members (excludes halogenated alkanes) is 10. The zero-order chi connectivity index (χ0) is 17.6. The van der Waals surface area contributed by atoms with Gasteiger partial charge < -0.3 is 20.4 Å². The molecule has 146 valence electrons. The van der Waals surface area contributed by atoms with Gasteiger partial charge in [-0.1, -0.05) is 64.7 Å². The molecule has 5 nitrogen and oxygen atoms in total. The van der Waals surface area contributed by atoms with E-state index in [0.717, 1.165) is 13.0 Å². The Morgan fingerprint density at radius 1 is 0.750 bits per heavy atom. The molecule has 0 heterocycles. The highest BCUT2D eigenvalue weighted by molar-refractivity contribution is 4.81. The Morgan fingerprint density at radius 3 is 1.58 bits per heavy atom. The number of hydrogen-bond donors (Lipinski definition) is 2. The van der Waals surface area contributed by atoms with Crippen molar-refractivity contribution in [2.75, 3.05) is 27.2 Å². The second kappa shape index (κ2) is 15.6. The summed E-state index contributed by atoms with van der Waals surface area (Å²) in [6, 6.07) is 0. The van der Waals surface area contributed by atoms with E-state index in [4.69, 9.17) is 4.74 Å². The number of nitrogens with zero attached hydrogens (tertiary/aromatic N) is 1. The molecule has 0 fully saturated rings. The predicted octanol–water partition coefficient (Wildman–Crippen LogP) is 5.48. The van der Waals surface area contributed by atoms with Crippen LogP contribution in [0.15, 0.2) is 11.8 Å². The highest BCUT2D eigenvalue weighted by atomic mass is 16.6. The molecule has 0 aromatic heterocycles. The minimum absolute atomic E-state index is 0. The van der Waals surface area contributed by atoms with E-state index >= 15 is 0 Å². The quantitative estimate of drug-likeness (QED) is 0.234. The summed E-state index contributed by atoms with van der Waals surface area (Å²) in [5.74, 6) is -0.431. The van der Waals surface area contributed by atoms with Gasteiger partial charge in [-0.15, -0.1) is 0 Å². The maximum absolute atomic E-state index is 10.0. The van der Waals surface area contributed by atoms with Crippen LogP contribution in [-0.2, 0) is 4.74 Å². The first-order chi connectivity index (χ1) is 11.0. The Kier molecular flexibility index (Phi) is 16.4. The Labute approximate surface area is 149 Å². The first-order valence-corrected chi connectivity index (χ1v) is 9.54. The number of hydrogen-bond acceptors (Lipinski definition) is 4. The Morgan fingerprint density at radius 2 is 1.17 bits per heavy atom. The van der Waals surface area contributed by atoms with E-state index in [1.54, 1.807) is 6.92 Å². The minimum atomic E-state index is -0.347. The molecule has 0 saturated heterocycles. The molecule has 0 unspecified atom stereocenters. The second-order valence-electron chi connectivity index (χ2n) is 7.01. The lowest BCUT2D eigenvalue weighted by molar-refractivity contribution is -0.869. The molecule has 0 aromatic carbocycles. The fraction of sp³-hybridized carbons (Fsp3) is 0.895. The Hall–Kier alpha value is -0.940. The van der Waals surface area contributed by atoms with Gasteiger partial charge in [0.2, 0.25) is 0 Å². The second-order valence-corrected chi connectivity index (χ2v) is 7.01. The van der Waals surface area contributed by atoms with Gasteiger partial charge in [-0.25, -0.2) is 0 Å². The van der Waals surface area contributed by atoms with Crippen LogP contribution in [0.2, 0.25) is 0 Å². The zero-order valence-electron chi connectivity index (χ0n) is 16.4. The summed E-state index contributed by atoms with van der Waals surface area (Å²) in [5, 5.41) is 19.6. The van der Waals surface area contributed by atoms with Crippen molar-refractivity contribution in [1.82, 2.24) is 0 Å². The van der Waals surface area contributed by atoms with Crippen LogP contribution in [0.5, 0.6) is 0 Å². The molecule has 0 atom stereocenters. The molecule has 0 aliphatic rings. The summed E-state index contributed by atoms with van der Waals surface area (Å²) in [7, 11) is 3.78. The average Bonchev–Trinajstić information content (AvgIpc) is 2.52. The minimum Gasteiger partial charge on any atom is -0.870 e. The predicted molar refractivity (Wildman–Crippen MR) is 99.3 cm³/mol. The van der Waals surface area contributed by atoms with Gasteiger partial charge in [0, 0.05) is 0 Å². The molecule has 0 aromatic rings. The zero-order valence-corrected chi connectivity index (χ0v) is 16.4. The van der Waals surface area contributed by atoms with Crippen molar-refractivity contribution in [2.24, 2.45) is 0 Å². The summed E-state index contributed by atoms with van der Waals surface area (Å²) < 4.78 is 5.23. The molecular weight excluding hydrogens is 306 g/mol. The van der Waals surface area contributed by atoms with Gasteiger partial charge in [0.25, 0.3) is 0 Å². The monoisotopic (exact) mass is 347 g/mol. The topological polar surface area (TPSA) is 79.7 Å². The average molecular weight is 348 g/mol. The Bertz CT molecular complexity index is 316. The van der Waals surface area contributed by atoms with Crippen LogP contribution in [0.4, 0.5) is 0 Å². The molecule has 0 rings (SSSR count). The molecular formula is C19H41NO4. The maximum atomic E-state index is 10.0. The van der Waals surface area contributed by atoms with Crippen molar-refractivity contribution in [3.05, 3.63) is 11.8 Å². The fourth-order valence-electron chi connectivity index (χ4n) is 2.74. The Balaban J connectivity index is 0. The number of rotatable bonds is 15. The molecule has 5 heteroatoms. The van der Waals surface area contributed by atoms with E-state index in [1.165, 1.54) is 64.2 Å². The van der Waals surface area contributed by atoms with Crippen LogP contribution in [0.1, 0.15) is 84.5 Å². The summed E-state index contributed by atoms with van der Waals surface area (Å²) >= 11 is 0. The van der Waals surface area contributed by atoms with Crippen molar-refractivity contribution in [2.45, 2.75) is 84.5 Å². The molecule has 0 radical (unpaired) electrons. The third kappa shape index (κ3) is 12.5. The lowest BCUT2D eigenvalue weighted by atomic mass is 10.1. The highest BCUT2D eigenvalue weighted by Gasteiger charge is 2.26. The summed E-state index contributed by atoms with van der Waals surface area (Å²) in [6.45, 7) is 5.20. The van der Waals surface area contributed by atoms with Crippen LogP contribution >= 0.6 is 0 Å². The normalized spacial score (nSPS) is 12.5. The largest absolute Gasteiger partial charge is 0.870 e. The van der Waals surface area contributed by atoms with Crippen molar-refractivity contribution in [3.8, 4) is 0 Å². The highest BCUT2D eigenvalue weighted by Crippen LogP contribution is 2.16. The standard InChI is InChI=1S/C19H39NO3.H2O/c1-5-7-8-9-10-11-12-13-14-15-16-17-20(3,4)18(21)19(22)23-6-2;/h5-17H2,1-4H3,(H-,21,22);1H2. The van der Waals surface area contributed by atoms with Crippen molar-refractivity contribution in [3.63, 3.8) is 0 Å². The lowest BCUT2D eigenvalue weighted by Crippen LogP contribution is -2.40. The summed E-state index contributed by atoms with van der Waals surface area (Å²) in [5.41, 5.74) is 0.